The van der Waals surface area contributed by atoms with Crippen LogP contribution < -0.4 is 20.3 Å². The van der Waals surface area contributed by atoms with Gasteiger partial charge in [-0.1, -0.05) is 35.9 Å². The second-order valence-electron chi connectivity index (χ2n) is 8.04. The molecule has 2 aliphatic rings. The molecule has 0 saturated carbocycles. The Balaban J connectivity index is 1.44. The van der Waals surface area contributed by atoms with Crippen molar-refractivity contribution in [1.82, 2.24) is 25.5 Å². The Morgan fingerprint density at radius 3 is 2.20 bits per heavy atom. The third-order valence-electron chi connectivity index (χ3n) is 6.08. The molecule has 11 heteroatoms. The number of nitrogens with one attached hydrogen (secondary N) is 2. The lowest BCUT2D eigenvalue weighted by Crippen LogP contribution is -2.73. The number of benzene rings is 2. The summed E-state index contributed by atoms with van der Waals surface area (Å²) in [4.78, 5) is 50.7. The SMILES string of the molecule is O=C1NC(=O)C(c2ccc(Oc3ccccc3Cl)cc2)(N2CCN(c3cnccn3)CC2)C(=O)N1. The number of ether oxygens (including phenoxy) is 1. The molecule has 2 aromatic carbocycles. The zero-order valence-corrected chi connectivity index (χ0v) is 19.2. The molecule has 0 atom stereocenters. The first kappa shape index (κ1) is 22.8. The highest BCUT2D eigenvalue weighted by atomic mass is 35.5. The van der Waals surface area contributed by atoms with Crippen LogP contribution in [0.3, 0.4) is 0 Å². The first-order chi connectivity index (χ1) is 17.0. The number of aromatic nitrogens is 2. The van der Waals surface area contributed by atoms with E-state index in [1.807, 2.05) is 4.90 Å². The Hall–Kier alpha value is -4.02. The number of para-hydroxylation sites is 1. The zero-order valence-electron chi connectivity index (χ0n) is 18.5. The van der Waals surface area contributed by atoms with E-state index >= 15 is 0 Å². The quantitative estimate of drug-likeness (QED) is 0.521. The smallest absolute Gasteiger partial charge is 0.328 e. The first-order valence-corrected chi connectivity index (χ1v) is 11.3. The molecule has 5 rings (SSSR count). The number of imide groups is 2. The molecule has 0 unspecified atom stereocenters. The zero-order chi connectivity index (χ0) is 24.4. The third-order valence-corrected chi connectivity index (χ3v) is 6.39. The standard InChI is InChI=1S/C24H21ClN6O4/c25-18-3-1-2-4-19(18)35-17-7-5-16(6-8-17)24(21(32)28-23(34)29-22(24)33)31-13-11-30(12-14-31)20-15-26-9-10-27-20/h1-10,15H,11-14H2,(H2,28,29,32,33,34). The van der Waals surface area contributed by atoms with E-state index in [0.29, 0.717) is 48.3 Å². The Morgan fingerprint density at radius 2 is 1.57 bits per heavy atom. The number of amides is 4. The van der Waals surface area contributed by atoms with E-state index in [1.54, 1.807) is 72.0 Å². The van der Waals surface area contributed by atoms with E-state index in [-0.39, 0.29) is 0 Å². The van der Waals surface area contributed by atoms with Gasteiger partial charge >= 0.3 is 6.03 Å². The number of nitrogens with zero attached hydrogens (tertiary/aromatic N) is 4. The molecule has 2 N–H and O–H groups in total. The molecule has 3 heterocycles. The summed E-state index contributed by atoms with van der Waals surface area (Å²) in [6.45, 7) is 1.79. The van der Waals surface area contributed by atoms with Crippen molar-refractivity contribution < 1.29 is 19.1 Å². The summed E-state index contributed by atoms with van der Waals surface area (Å²) < 4.78 is 5.84. The van der Waals surface area contributed by atoms with Crippen molar-refractivity contribution >= 4 is 35.3 Å². The molecular weight excluding hydrogens is 472 g/mol. The van der Waals surface area contributed by atoms with Crippen LogP contribution in [0, 0.1) is 0 Å². The number of halogens is 1. The molecule has 0 spiro atoms. The van der Waals surface area contributed by atoms with Gasteiger partial charge in [-0.2, -0.15) is 0 Å². The predicted octanol–water partition coefficient (Wildman–Crippen LogP) is 2.31. The van der Waals surface area contributed by atoms with Crippen molar-refractivity contribution in [3.8, 4) is 11.5 Å². The highest BCUT2D eigenvalue weighted by molar-refractivity contribution is 6.32. The number of piperazine rings is 1. The van der Waals surface area contributed by atoms with Gasteiger partial charge in [-0.3, -0.25) is 30.1 Å². The fraction of sp³-hybridized carbons (Fsp3) is 0.208. The fourth-order valence-corrected chi connectivity index (χ4v) is 4.57. The van der Waals surface area contributed by atoms with Gasteiger partial charge in [0.15, 0.2) is 0 Å². The van der Waals surface area contributed by atoms with E-state index in [9.17, 15) is 14.4 Å². The Morgan fingerprint density at radius 1 is 0.886 bits per heavy atom. The van der Waals surface area contributed by atoms with Crippen molar-refractivity contribution in [3.63, 3.8) is 0 Å². The molecule has 3 aromatic rings. The highest BCUT2D eigenvalue weighted by Crippen LogP contribution is 2.35. The molecule has 35 heavy (non-hydrogen) atoms. The van der Waals surface area contributed by atoms with Crippen LogP contribution in [0.5, 0.6) is 11.5 Å². The number of carbonyl (C=O) groups excluding carboxylic acids is 3. The van der Waals surface area contributed by atoms with Gasteiger partial charge in [0, 0.05) is 38.6 Å². The number of anilines is 1. The Bertz CT molecular complexity index is 1240. The second-order valence-corrected chi connectivity index (χ2v) is 8.45. The summed E-state index contributed by atoms with van der Waals surface area (Å²) >= 11 is 6.18. The van der Waals surface area contributed by atoms with Crippen LogP contribution in [0.15, 0.2) is 67.1 Å². The average Bonchev–Trinajstić information content (AvgIpc) is 2.87. The molecule has 2 aliphatic heterocycles. The Labute approximate surface area is 205 Å². The third kappa shape index (κ3) is 4.17. The summed E-state index contributed by atoms with van der Waals surface area (Å²) in [5.74, 6) is 0.292. The van der Waals surface area contributed by atoms with Crippen molar-refractivity contribution in [2.45, 2.75) is 5.54 Å². The van der Waals surface area contributed by atoms with Gasteiger partial charge in [0.25, 0.3) is 11.8 Å². The predicted molar refractivity (Wildman–Crippen MR) is 127 cm³/mol. The molecule has 0 bridgehead atoms. The van der Waals surface area contributed by atoms with E-state index < -0.39 is 23.4 Å². The summed E-state index contributed by atoms with van der Waals surface area (Å²) in [6, 6.07) is 12.8. The fourth-order valence-electron chi connectivity index (χ4n) is 4.40. The van der Waals surface area contributed by atoms with E-state index in [2.05, 4.69) is 20.6 Å². The van der Waals surface area contributed by atoms with Gasteiger partial charge in [-0.15, -0.1) is 0 Å². The molecule has 0 radical (unpaired) electrons. The van der Waals surface area contributed by atoms with E-state index in [1.165, 1.54) is 0 Å². The maximum atomic E-state index is 13.3. The number of barbiturate groups is 1. The van der Waals surface area contributed by atoms with Crippen LogP contribution in [0.1, 0.15) is 5.56 Å². The minimum atomic E-state index is -1.72. The maximum Gasteiger partial charge on any atom is 0.328 e. The number of hydrogen-bond acceptors (Lipinski definition) is 8. The van der Waals surface area contributed by atoms with Gasteiger partial charge in [-0.05, 0) is 29.8 Å². The van der Waals surface area contributed by atoms with Crippen LogP contribution in [0.2, 0.25) is 5.02 Å². The summed E-state index contributed by atoms with van der Waals surface area (Å²) in [5.41, 5.74) is -1.30. The average molecular weight is 493 g/mol. The van der Waals surface area contributed by atoms with E-state index in [4.69, 9.17) is 16.3 Å². The van der Waals surface area contributed by atoms with Gasteiger partial charge in [0.05, 0.1) is 11.2 Å². The largest absolute Gasteiger partial charge is 0.456 e. The van der Waals surface area contributed by atoms with Crippen molar-refractivity contribution in [2.75, 3.05) is 31.1 Å². The number of rotatable bonds is 5. The topological polar surface area (TPSA) is 117 Å². The number of carbonyl (C=O) groups is 3. The van der Waals surface area contributed by atoms with Crippen LogP contribution in [-0.4, -0.2) is 58.9 Å². The van der Waals surface area contributed by atoms with Crippen LogP contribution in [0.25, 0.3) is 0 Å². The summed E-state index contributed by atoms with van der Waals surface area (Å²) in [6.07, 6.45) is 4.88. The molecule has 2 fully saturated rings. The summed E-state index contributed by atoms with van der Waals surface area (Å²) in [5, 5.41) is 4.99. The van der Waals surface area contributed by atoms with E-state index in [0.717, 1.165) is 5.82 Å². The van der Waals surface area contributed by atoms with Gasteiger partial charge in [-0.25, -0.2) is 9.78 Å². The minimum Gasteiger partial charge on any atom is -0.456 e. The van der Waals surface area contributed by atoms with Gasteiger partial charge in [0.2, 0.25) is 5.54 Å². The van der Waals surface area contributed by atoms with Crippen LogP contribution in [-0.2, 0) is 15.1 Å². The summed E-state index contributed by atoms with van der Waals surface area (Å²) in [7, 11) is 0. The van der Waals surface area contributed by atoms with Crippen molar-refractivity contribution in [3.05, 3.63) is 77.7 Å². The van der Waals surface area contributed by atoms with Crippen LogP contribution in [0.4, 0.5) is 10.6 Å². The molecule has 178 valence electrons. The Kier molecular flexibility index (Phi) is 6.06. The number of hydrogen-bond donors (Lipinski definition) is 2. The molecule has 0 aliphatic carbocycles. The molecular formula is C24H21ClN6O4. The van der Waals surface area contributed by atoms with Crippen LogP contribution >= 0.6 is 11.6 Å². The first-order valence-electron chi connectivity index (χ1n) is 10.9. The lowest BCUT2D eigenvalue weighted by molar-refractivity contribution is -0.149. The van der Waals surface area contributed by atoms with Crippen molar-refractivity contribution in [1.29, 1.82) is 0 Å². The lowest BCUT2D eigenvalue weighted by atomic mass is 9.84. The second kappa shape index (κ2) is 9.32. The number of urea groups is 1. The molecule has 2 saturated heterocycles. The lowest BCUT2D eigenvalue weighted by Gasteiger charge is -2.46. The van der Waals surface area contributed by atoms with Gasteiger partial charge in [0.1, 0.15) is 17.3 Å². The van der Waals surface area contributed by atoms with Gasteiger partial charge < -0.3 is 9.64 Å². The molecule has 1 aromatic heterocycles. The highest BCUT2D eigenvalue weighted by Gasteiger charge is 2.56. The normalized spacial score (nSPS) is 18.1. The monoisotopic (exact) mass is 492 g/mol. The maximum absolute atomic E-state index is 13.3. The minimum absolute atomic E-state index is 0.378. The molecule has 4 amide bonds. The van der Waals surface area contributed by atoms with Crippen molar-refractivity contribution in [2.24, 2.45) is 0 Å². The molecule has 10 nitrogen and oxygen atoms in total.